The molecule has 0 heterocycles. The first-order chi connectivity index (χ1) is 7.79. The molecule has 0 radical (unpaired) electrons. The van der Waals surface area contributed by atoms with Crippen molar-refractivity contribution in [2.75, 3.05) is 13.6 Å². The molecule has 0 aliphatic carbocycles. The maximum absolute atomic E-state index is 9.35. The summed E-state index contributed by atoms with van der Waals surface area (Å²) in [5, 5.41) is 14.6. The van der Waals surface area contributed by atoms with Crippen LogP contribution >= 0.6 is 0 Å². The summed E-state index contributed by atoms with van der Waals surface area (Å²) in [5.41, 5.74) is 1.17. The number of nitrogens with one attached hydrogen (secondary N) is 1. The Morgan fingerprint density at radius 3 is 2.69 bits per heavy atom. The Kier molecular flexibility index (Phi) is 3.22. The van der Waals surface area contributed by atoms with Crippen LogP contribution in [0.25, 0.3) is 16.8 Å². The number of hydrogen-bond acceptors (Lipinski definition) is 2. The summed E-state index contributed by atoms with van der Waals surface area (Å²) < 4.78 is 0. The lowest BCUT2D eigenvalue weighted by atomic mass is 10.1. The predicted octanol–water partition coefficient (Wildman–Crippen LogP) is 2.78. The highest BCUT2D eigenvalue weighted by atomic mass is 16.3. The number of phenolic OH excluding ortho intramolecular Hbond substituents is 1. The summed E-state index contributed by atoms with van der Waals surface area (Å²) >= 11 is 0. The lowest BCUT2D eigenvalue weighted by molar-refractivity contribution is 0.476. The summed E-state index contributed by atoms with van der Waals surface area (Å²) in [6, 6.07) is 11.6. The predicted molar refractivity (Wildman–Crippen MR) is 68.6 cm³/mol. The molecule has 2 aromatic rings. The minimum atomic E-state index is 0.311. The van der Waals surface area contributed by atoms with Gasteiger partial charge in [-0.1, -0.05) is 30.4 Å². The van der Waals surface area contributed by atoms with Gasteiger partial charge in [-0.2, -0.15) is 0 Å². The molecule has 0 saturated carbocycles. The Bertz CT molecular complexity index is 517. The van der Waals surface area contributed by atoms with E-state index < -0.39 is 0 Å². The number of phenols is 1. The molecule has 0 saturated heterocycles. The molecule has 0 aliphatic rings. The van der Waals surface area contributed by atoms with Crippen LogP contribution in [-0.4, -0.2) is 18.7 Å². The number of fused-ring (bicyclic) bond motifs is 1. The van der Waals surface area contributed by atoms with Gasteiger partial charge >= 0.3 is 0 Å². The van der Waals surface area contributed by atoms with Crippen LogP contribution in [0.1, 0.15) is 5.56 Å². The maximum atomic E-state index is 9.35. The molecular formula is C14H15NO. The van der Waals surface area contributed by atoms with E-state index >= 15 is 0 Å². The Morgan fingerprint density at radius 1 is 1.12 bits per heavy atom. The Morgan fingerprint density at radius 2 is 1.88 bits per heavy atom. The monoisotopic (exact) mass is 213 g/mol. The lowest BCUT2D eigenvalue weighted by Gasteiger charge is -2.00. The minimum Gasteiger partial charge on any atom is -0.508 e. The zero-order valence-corrected chi connectivity index (χ0v) is 9.27. The summed E-state index contributed by atoms with van der Waals surface area (Å²) in [7, 11) is 1.92. The zero-order chi connectivity index (χ0) is 11.4. The van der Waals surface area contributed by atoms with Crippen LogP contribution in [-0.2, 0) is 0 Å². The Balaban J connectivity index is 2.33. The van der Waals surface area contributed by atoms with Crippen molar-refractivity contribution in [1.29, 1.82) is 0 Å². The van der Waals surface area contributed by atoms with Crippen molar-refractivity contribution in [3.05, 3.63) is 48.0 Å². The second kappa shape index (κ2) is 4.81. The molecule has 82 valence electrons. The molecular weight excluding hydrogens is 198 g/mol. The number of aromatic hydroxyl groups is 1. The fourth-order valence-electron chi connectivity index (χ4n) is 1.67. The standard InChI is InChI=1S/C14H15NO/c1-15-8-2-3-11-4-5-13-10-14(16)7-6-12(13)9-11/h2-7,9-10,15-16H,8H2,1H3. The molecule has 2 nitrogen and oxygen atoms in total. The van der Waals surface area contributed by atoms with Crippen molar-refractivity contribution in [2.24, 2.45) is 0 Å². The van der Waals surface area contributed by atoms with Crippen molar-refractivity contribution < 1.29 is 5.11 Å². The van der Waals surface area contributed by atoms with Crippen LogP contribution < -0.4 is 5.32 Å². The molecule has 2 aromatic carbocycles. The van der Waals surface area contributed by atoms with E-state index in [9.17, 15) is 5.11 Å². The molecule has 0 spiro atoms. The smallest absolute Gasteiger partial charge is 0.116 e. The van der Waals surface area contributed by atoms with Gasteiger partial charge < -0.3 is 10.4 Å². The fourth-order valence-corrected chi connectivity index (χ4v) is 1.67. The average Bonchev–Trinajstić information content (AvgIpc) is 2.29. The van der Waals surface area contributed by atoms with Crippen LogP contribution in [0.5, 0.6) is 5.75 Å². The van der Waals surface area contributed by atoms with Gasteiger partial charge in [-0.25, -0.2) is 0 Å². The zero-order valence-electron chi connectivity index (χ0n) is 9.27. The molecule has 0 unspecified atom stereocenters. The van der Waals surface area contributed by atoms with Crippen LogP contribution in [0.2, 0.25) is 0 Å². The SMILES string of the molecule is CNCC=Cc1ccc2cc(O)ccc2c1. The van der Waals surface area contributed by atoms with E-state index in [0.717, 1.165) is 17.3 Å². The van der Waals surface area contributed by atoms with E-state index in [1.54, 1.807) is 12.1 Å². The molecule has 0 bridgehead atoms. The van der Waals surface area contributed by atoms with Crippen molar-refractivity contribution in [3.8, 4) is 5.75 Å². The normalized spacial score (nSPS) is 11.3. The van der Waals surface area contributed by atoms with Gasteiger partial charge in [0.1, 0.15) is 5.75 Å². The van der Waals surface area contributed by atoms with Gasteiger partial charge in [-0.05, 0) is 41.6 Å². The Hall–Kier alpha value is -1.80. The van der Waals surface area contributed by atoms with Gasteiger partial charge in [0, 0.05) is 6.54 Å². The first-order valence-corrected chi connectivity index (χ1v) is 5.33. The molecule has 0 amide bonds. The number of hydrogen-bond donors (Lipinski definition) is 2. The van der Waals surface area contributed by atoms with Gasteiger partial charge in [-0.15, -0.1) is 0 Å². The minimum absolute atomic E-state index is 0.311. The molecule has 16 heavy (non-hydrogen) atoms. The van der Waals surface area contributed by atoms with Crippen molar-refractivity contribution >= 4 is 16.8 Å². The third kappa shape index (κ3) is 2.41. The van der Waals surface area contributed by atoms with Crippen LogP contribution in [0.3, 0.4) is 0 Å². The van der Waals surface area contributed by atoms with Gasteiger partial charge in [0.25, 0.3) is 0 Å². The molecule has 2 N–H and O–H groups in total. The van der Waals surface area contributed by atoms with Crippen molar-refractivity contribution in [1.82, 2.24) is 5.32 Å². The summed E-state index contributed by atoms with van der Waals surface area (Å²) in [6.45, 7) is 0.869. The highest BCUT2D eigenvalue weighted by Crippen LogP contribution is 2.21. The number of likely N-dealkylation sites (N-methyl/N-ethyl adjacent to an activating group) is 1. The summed E-state index contributed by atoms with van der Waals surface area (Å²) in [5.74, 6) is 0.311. The van der Waals surface area contributed by atoms with Gasteiger partial charge in [0.15, 0.2) is 0 Å². The Labute approximate surface area is 95.2 Å². The fraction of sp³-hybridized carbons (Fsp3) is 0.143. The summed E-state index contributed by atoms with van der Waals surface area (Å²) in [6.07, 6.45) is 4.17. The van der Waals surface area contributed by atoms with Gasteiger partial charge in [0.05, 0.1) is 0 Å². The summed E-state index contributed by atoms with van der Waals surface area (Å²) in [4.78, 5) is 0. The van der Waals surface area contributed by atoms with E-state index in [1.807, 2.05) is 25.2 Å². The van der Waals surface area contributed by atoms with E-state index in [1.165, 1.54) is 5.56 Å². The quantitative estimate of drug-likeness (QED) is 0.821. The molecule has 2 heteroatoms. The van der Waals surface area contributed by atoms with Gasteiger partial charge in [-0.3, -0.25) is 0 Å². The lowest BCUT2D eigenvalue weighted by Crippen LogP contribution is -2.03. The highest BCUT2D eigenvalue weighted by molar-refractivity contribution is 5.85. The van der Waals surface area contributed by atoms with Crippen LogP contribution in [0, 0.1) is 0 Å². The second-order valence-corrected chi connectivity index (χ2v) is 3.75. The molecule has 0 aromatic heterocycles. The first-order valence-electron chi connectivity index (χ1n) is 5.33. The molecule has 0 aliphatic heterocycles. The highest BCUT2D eigenvalue weighted by Gasteiger charge is 1.95. The first kappa shape index (κ1) is 10.7. The van der Waals surface area contributed by atoms with Gasteiger partial charge in [0.2, 0.25) is 0 Å². The molecule has 0 fully saturated rings. The van der Waals surface area contributed by atoms with Crippen LogP contribution in [0.15, 0.2) is 42.5 Å². The van der Waals surface area contributed by atoms with Crippen molar-refractivity contribution in [3.63, 3.8) is 0 Å². The topological polar surface area (TPSA) is 32.3 Å². The molecule has 2 rings (SSSR count). The molecule has 0 atom stereocenters. The van der Waals surface area contributed by atoms with E-state index in [-0.39, 0.29) is 0 Å². The largest absolute Gasteiger partial charge is 0.508 e. The van der Waals surface area contributed by atoms with E-state index in [2.05, 4.69) is 23.5 Å². The third-order valence-electron chi connectivity index (χ3n) is 2.48. The van der Waals surface area contributed by atoms with E-state index in [4.69, 9.17) is 0 Å². The second-order valence-electron chi connectivity index (χ2n) is 3.75. The number of rotatable bonds is 3. The number of benzene rings is 2. The maximum Gasteiger partial charge on any atom is 0.116 e. The van der Waals surface area contributed by atoms with Crippen molar-refractivity contribution in [2.45, 2.75) is 0 Å². The average molecular weight is 213 g/mol. The third-order valence-corrected chi connectivity index (χ3v) is 2.48. The van der Waals surface area contributed by atoms with Crippen LogP contribution in [0.4, 0.5) is 0 Å². The van der Waals surface area contributed by atoms with E-state index in [0.29, 0.717) is 5.75 Å².